The molecule has 2 heteroatoms. The molecule has 0 atom stereocenters. The van der Waals surface area contributed by atoms with Crippen LogP contribution in [0.25, 0.3) is 11.1 Å². The van der Waals surface area contributed by atoms with Gasteiger partial charge in [0, 0.05) is 18.0 Å². The summed E-state index contributed by atoms with van der Waals surface area (Å²) in [7, 11) is 0. The molecule has 1 heterocycles. The average Bonchev–Trinajstić information content (AvgIpc) is 2.30. The van der Waals surface area contributed by atoms with Gasteiger partial charge in [-0.2, -0.15) is 0 Å². The Balaban J connectivity index is 2.54. The van der Waals surface area contributed by atoms with Gasteiger partial charge in [0.25, 0.3) is 0 Å². The van der Waals surface area contributed by atoms with Crippen LogP contribution in [0.1, 0.15) is 11.1 Å². The van der Waals surface area contributed by atoms with E-state index in [1.54, 1.807) is 6.20 Å². The molecule has 76 valence electrons. The van der Waals surface area contributed by atoms with Gasteiger partial charge in [0.15, 0.2) is 0 Å². The summed E-state index contributed by atoms with van der Waals surface area (Å²) in [5.74, 6) is 0. The topological polar surface area (TPSA) is 33.1 Å². The van der Waals surface area contributed by atoms with Gasteiger partial charge in [-0.05, 0) is 29.7 Å². The molecule has 0 fully saturated rings. The van der Waals surface area contributed by atoms with Gasteiger partial charge in [0.05, 0.1) is 6.61 Å². The number of nitrogens with zero attached hydrogens (tertiary/aromatic N) is 1. The fourth-order valence-electron chi connectivity index (χ4n) is 1.69. The third kappa shape index (κ3) is 1.90. The van der Waals surface area contributed by atoms with E-state index in [9.17, 15) is 5.11 Å². The van der Waals surface area contributed by atoms with Crippen LogP contribution >= 0.6 is 0 Å². The number of hydrogen-bond acceptors (Lipinski definition) is 2. The summed E-state index contributed by atoms with van der Waals surface area (Å²) in [4.78, 5) is 4.10. The van der Waals surface area contributed by atoms with Crippen LogP contribution in [0.3, 0.4) is 0 Å². The van der Waals surface area contributed by atoms with Gasteiger partial charge in [-0.3, -0.25) is 4.98 Å². The Morgan fingerprint density at radius 2 is 2.07 bits per heavy atom. The predicted molar refractivity (Wildman–Crippen MR) is 60.3 cm³/mol. The van der Waals surface area contributed by atoms with Gasteiger partial charge in [-0.15, -0.1) is 0 Å². The van der Waals surface area contributed by atoms with E-state index in [4.69, 9.17) is 0 Å². The minimum atomic E-state index is 0.0833. The first-order valence-corrected chi connectivity index (χ1v) is 4.92. The summed E-state index contributed by atoms with van der Waals surface area (Å²) in [6.45, 7) is 2.10. The number of aromatic nitrogens is 1. The van der Waals surface area contributed by atoms with Crippen molar-refractivity contribution in [2.24, 2.45) is 0 Å². The monoisotopic (exact) mass is 199 g/mol. The molecule has 0 amide bonds. The van der Waals surface area contributed by atoms with E-state index >= 15 is 0 Å². The van der Waals surface area contributed by atoms with Gasteiger partial charge >= 0.3 is 0 Å². The summed E-state index contributed by atoms with van der Waals surface area (Å²) < 4.78 is 0. The molecule has 0 aliphatic carbocycles. The molecule has 1 N–H and O–H groups in total. The van der Waals surface area contributed by atoms with E-state index in [-0.39, 0.29) is 6.61 Å². The summed E-state index contributed by atoms with van der Waals surface area (Å²) in [5.41, 5.74) is 4.31. The van der Waals surface area contributed by atoms with Gasteiger partial charge in [0.2, 0.25) is 0 Å². The summed E-state index contributed by atoms with van der Waals surface area (Å²) in [6.07, 6.45) is 3.60. The molecule has 0 aliphatic rings. The number of pyridine rings is 1. The van der Waals surface area contributed by atoms with Gasteiger partial charge in [0.1, 0.15) is 0 Å². The lowest BCUT2D eigenvalue weighted by Crippen LogP contribution is -1.91. The van der Waals surface area contributed by atoms with E-state index in [2.05, 4.69) is 4.98 Å². The highest BCUT2D eigenvalue weighted by molar-refractivity contribution is 5.67. The Labute approximate surface area is 89.2 Å². The molecule has 0 radical (unpaired) electrons. The average molecular weight is 199 g/mol. The number of aliphatic hydroxyl groups is 1. The SMILES string of the molecule is Cc1c(CO)cccc1-c1cccnc1. The fraction of sp³-hybridized carbons (Fsp3) is 0.154. The second kappa shape index (κ2) is 4.24. The first kappa shape index (κ1) is 9.87. The van der Waals surface area contributed by atoms with Crippen LogP contribution in [0.4, 0.5) is 0 Å². The van der Waals surface area contributed by atoms with Gasteiger partial charge in [-0.1, -0.05) is 24.3 Å². The predicted octanol–water partition coefficient (Wildman–Crippen LogP) is 2.55. The Morgan fingerprint density at radius 3 is 2.73 bits per heavy atom. The Bertz CT molecular complexity index is 451. The highest BCUT2D eigenvalue weighted by Crippen LogP contribution is 2.24. The lowest BCUT2D eigenvalue weighted by molar-refractivity contribution is 0.281. The molecular formula is C13H13NO. The number of benzene rings is 1. The van der Waals surface area contributed by atoms with Crippen molar-refractivity contribution in [2.45, 2.75) is 13.5 Å². The Kier molecular flexibility index (Phi) is 2.79. The van der Waals surface area contributed by atoms with Crippen molar-refractivity contribution in [2.75, 3.05) is 0 Å². The highest BCUT2D eigenvalue weighted by Gasteiger charge is 2.04. The maximum atomic E-state index is 9.17. The van der Waals surface area contributed by atoms with E-state index in [1.165, 1.54) is 0 Å². The number of aliphatic hydroxyl groups excluding tert-OH is 1. The smallest absolute Gasteiger partial charge is 0.0684 e. The molecule has 0 saturated heterocycles. The normalized spacial score (nSPS) is 10.3. The molecule has 0 spiro atoms. The van der Waals surface area contributed by atoms with Gasteiger partial charge < -0.3 is 5.11 Å². The van der Waals surface area contributed by atoms with Crippen LogP contribution in [0, 0.1) is 6.92 Å². The Hall–Kier alpha value is -1.67. The van der Waals surface area contributed by atoms with Crippen LogP contribution < -0.4 is 0 Å². The molecule has 0 saturated carbocycles. The zero-order valence-electron chi connectivity index (χ0n) is 8.64. The maximum Gasteiger partial charge on any atom is 0.0684 e. The van der Waals surface area contributed by atoms with Crippen molar-refractivity contribution >= 4 is 0 Å². The van der Waals surface area contributed by atoms with Crippen LogP contribution in [-0.2, 0) is 6.61 Å². The van der Waals surface area contributed by atoms with Gasteiger partial charge in [-0.25, -0.2) is 0 Å². The number of rotatable bonds is 2. The minimum Gasteiger partial charge on any atom is -0.392 e. The van der Waals surface area contributed by atoms with E-state index in [0.717, 1.165) is 22.3 Å². The summed E-state index contributed by atoms with van der Waals surface area (Å²) in [5, 5.41) is 9.17. The molecule has 1 aromatic carbocycles. The van der Waals surface area contributed by atoms with E-state index < -0.39 is 0 Å². The summed E-state index contributed by atoms with van der Waals surface area (Å²) >= 11 is 0. The van der Waals surface area contributed by atoms with Crippen molar-refractivity contribution in [3.05, 3.63) is 53.9 Å². The van der Waals surface area contributed by atoms with E-state index in [0.29, 0.717) is 0 Å². The first-order valence-electron chi connectivity index (χ1n) is 4.92. The molecule has 0 aliphatic heterocycles. The lowest BCUT2D eigenvalue weighted by Gasteiger charge is -2.09. The molecule has 0 bridgehead atoms. The molecule has 1 aromatic heterocycles. The van der Waals surface area contributed by atoms with Crippen molar-refractivity contribution in [1.29, 1.82) is 0 Å². The van der Waals surface area contributed by atoms with Crippen molar-refractivity contribution in [1.82, 2.24) is 4.98 Å². The maximum absolute atomic E-state index is 9.17. The third-order valence-electron chi connectivity index (χ3n) is 2.59. The lowest BCUT2D eigenvalue weighted by atomic mass is 9.98. The largest absolute Gasteiger partial charge is 0.392 e. The van der Waals surface area contributed by atoms with Crippen LogP contribution in [0.15, 0.2) is 42.7 Å². The van der Waals surface area contributed by atoms with E-state index in [1.807, 2.05) is 43.5 Å². The second-order valence-electron chi connectivity index (χ2n) is 3.49. The summed E-state index contributed by atoms with van der Waals surface area (Å²) in [6, 6.07) is 9.89. The molecule has 2 aromatic rings. The van der Waals surface area contributed by atoms with Crippen LogP contribution in [0.5, 0.6) is 0 Å². The molecular weight excluding hydrogens is 186 g/mol. The minimum absolute atomic E-state index is 0.0833. The highest BCUT2D eigenvalue weighted by atomic mass is 16.3. The van der Waals surface area contributed by atoms with Crippen LogP contribution in [0.2, 0.25) is 0 Å². The molecule has 15 heavy (non-hydrogen) atoms. The standard InChI is InChI=1S/C13H13NO/c1-10-12(9-15)4-2-6-13(10)11-5-3-7-14-8-11/h2-8,15H,9H2,1H3. The third-order valence-corrected chi connectivity index (χ3v) is 2.59. The van der Waals surface area contributed by atoms with Crippen LogP contribution in [-0.4, -0.2) is 10.1 Å². The van der Waals surface area contributed by atoms with Crippen molar-refractivity contribution < 1.29 is 5.11 Å². The fourth-order valence-corrected chi connectivity index (χ4v) is 1.69. The molecule has 2 nitrogen and oxygen atoms in total. The second-order valence-corrected chi connectivity index (χ2v) is 3.49. The van der Waals surface area contributed by atoms with Crippen molar-refractivity contribution in [3.63, 3.8) is 0 Å². The first-order chi connectivity index (χ1) is 7.33. The Morgan fingerprint density at radius 1 is 1.20 bits per heavy atom. The van der Waals surface area contributed by atoms with Crippen molar-refractivity contribution in [3.8, 4) is 11.1 Å². The zero-order valence-corrected chi connectivity index (χ0v) is 8.64. The quantitative estimate of drug-likeness (QED) is 0.806. The molecule has 0 unspecified atom stereocenters. The number of hydrogen-bond donors (Lipinski definition) is 1. The molecule has 2 rings (SSSR count). The zero-order chi connectivity index (χ0) is 10.7.